The summed E-state index contributed by atoms with van der Waals surface area (Å²) in [5.74, 6) is 6.20. The van der Waals surface area contributed by atoms with Crippen molar-refractivity contribution < 1.29 is 8.42 Å². The molecule has 0 aromatic heterocycles. The van der Waals surface area contributed by atoms with Gasteiger partial charge in [-0.2, -0.15) is 0 Å². The standard InChI is InChI=1S/C13H20N2O2S/c1-9-3-4-11(7-10(9)2)13(15-14)12-5-6-18(16,17)8-12/h3-4,7,12-13,15H,5-6,8,14H2,1-2H3. The summed E-state index contributed by atoms with van der Waals surface area (Å²) >= 11 is 0. The second-order valence-electron chi connectivity index (χ2n) is 5.15. The number of nitrogens with one attached hydrogen (secondary N) is 1. The minimum atomic E-state index is -2.87. The molecule has 1 aliphatic heterocycles. The van der Waals surface area contributed by atoms with Crippen LogP contribution in [0.1, 0.15) is 29.2 Å². The molecule has 1 aliphatic rings. The molecule has 0 aliphatic carbocycles. The summed E-state index contributed by atoms with van der Waals surface area (Å²) in [7, 11) is -2.87. The van der Waals surface area contributed by atoms with Crippen molar-refractivity contribution in [1.82, 2.24) is 5.43 Å². The van der Waals surface area contributed by atoms with Crippen LogP contribution in [0, 0.1) is 19.8 Å². The predicted molar refractivity (Wildman–Crippen MR) is 72.7 cm³/mol. The molecule has 1 aromatic carbocycles. The van der Waals surface area contributed by atoms with Crippen LogP contribution in [0.5, 0.6) is 0 Å². The second-order valence-corrected chi connectivity index (χ2v) is 7.38. The van der Waals surface area contributed by atoms with Crippen molar-refractivity contribution in [3.05, 3.63) is 34.9 Å². The minimum absolute atomic E-state index is 0.0714. The van der Waals surface area contributed by atoms with Crippen molar-refractivity contribution >= 4 is 9.84 Å². The number of hydrogen-bond acceptors (Lipinski definition) is 4. The molecule has 18 heavy (non-hydrogen) atoms. The molecule has 0 spiro atoms. The third-order valence-electron chi connectivity index (χ3n) is 3.81. The van der Waals surface area contributed by atoms with Crippen molar-refractivity contribution in [1.29, 1.82) is 0 Å². The molecule has 0 saturated carbocycles. The van der Waals surface area contributed by atoms with Crippen molar-refractivity contribution in [3.8, 4) is 0 Å². The molecule has 5 heteroatoms. The molecule has 1 aromatic rings. The zero-order chi connectivity index (χ0) is 13.3. The third-order valence-corrected chi connectivity index (χ3v) is 5.60. The van der Waals surface area contributed by atoms with Crippen molar-refractivity contribution in [3.63, 3.8) is 0 Å². The highest BCUT2D eigenvalue weighted by Crippen LogP contribution is 2.31. The lowest BCUT2D eigenvalue weighted by molar-refractivity contribution is 0.399. The molecule has 0 radical (unpaired) electrons. The fourth-order valence-electron chi connectivity index (χ4n) is 2.55. The maximum Gasteiger partial charge on any atom is 0.150 e. The Kier molecular flexibility index (Phi) is 3.75. The maximum absolute atomic E-state index is 11.5. The molecule has 3 N–H and O–H groups in total. The van der Waals surface area contributed by atoms with E-state index < -0.39 is 9.84 Å². The summed E-state index contributed by atoms with van der Waals surface area (Å²) in [6, 6.07) is 6.09. The Balaban J connectivity index is 2.26. The zero-order valence-electron chi connectivity index (χ0n) is 10.8. The van der Waals surface area contributed by atoms with Gasteiger partial charge in [0.1, 0.15) is 0 Å². The summed E-state index contributed by atoms with van der Waals surface area (Å²) in [4.78, 5) is 0. The van der Waals surface area contributed by atoms with Crippen LogP contribution in [-0.2, 0) is 9.84 Å². The topological polar surface area (TPSA) is 72.2 Å². The van der Waals surface area contributed by atoms with Gasteiger partial charge in [0.25, 0.3) is 0 Å². The molecule has 1 fully saturated rings. The molecule has 100 valence electrons. The van der Waals surface area contributed by atoms with E-state index in [1.165, 1.54) is 11.1 Å². The fraction of sp³-hybridized carbons (Fsp3) is 0.538. The van der Waals surface area contributed by atoms with Crippen molar-refractivity contribution in [2.24, 2.45) is 11.8 Å². The summed E-state index contributed by atoms with van der Waals surface area (Å²) in [5.41, 5.74) is 6.28. The molecule has 0 bridgehead atoms. The van der Waals surface area contributed by atoms with Crippen LogP contribution in [-0.4, -0.2) is 19.9 Å². The van der Waals surface area contributed by atoms with Gasteiger partial charge in [-0.25, -0.2) is 8.42 Å². The normalized spacial score (nSPS) is 24.1. The second kappa shape index (κ2) is 4.99. The van der Waals surface area contributed by atoms with Crippen LogP contribution in [0.3, 0.4) is 0 Å². The lowest BCUT2D eigenvalue weighted by Crippen LogP contribution is -2.34. The monoisotopic (exact) mass is 268 g/mol. The van der Waals surface area contributed by atoms with E-state index in [4.69, 9.17) is 5.84 Å². The number of hydrazine groups is 1. The Morgan fingerprint density at radius 3 is 2.56 bits per heavy atom. The quantitative estimate of drug-likeness (QED) is 0.639. The highest BCUT2D eigenvalue weighted by molar-refractivity contribution is 7.91. The molecule has 0 amide bonds. The van der Waals surface area contributed by atoms with Gasteiger partial charge in [-0.05, 0) is 42.9 Å². The van der Waals surface area contributed by atoms with Gasteiger partial charge in [-0.1, -0.05) is 18.2 Å². The van der Waals surface area contributed by atoms with Gasteiger partial charge in [0.2, 0.25) is 0 Å². The van der Waals surface area contributed by atoms with Crippen LogP contribution in [0.25, 0.3) is 0 Å². The number of aryl methyl sites for hydroxylation is 2. The van der Waals surface area contributed by atoms with Gasteiger partial charge in [0.15, 0.2) is 9.84 Å². The Morgan fingerprint density at radius 2 is 2.06 bits per heavy atom. The third kappa shape index (κ3) is 2.74. The molecular weight excluding hydrogens is 248 g/mol. The zero-order valence-corrected chi connectivity index (χ0v) is 11.6. The number of rotatable bonds is 3. The van der Waals surface area contributed by atoms with Gasteiger partial charge in [0.05, 0.1) is 11.5 Å². The Labute approximate surface area is 108 Å². The van der Waals surface area contributed by atoms with E-state index in [0.717, 1.165) is 5.56 Å². The van der Waals surface area contributed by atoms with E-state index in [1.807, 2.05) is 6.07 Å². The first kappa shape index (κ1) is 13.5. The SMILES string of the molecule is Cc1ccc(C(NN)C2CCS(=O)(=O)C2)cc1C. The van der Waals surface area contributed by atoms with Gasteiger partial charge in [-0.15, -0.1) is 0 Å². The first-order valence-electron chi connectivity index (χ1n) is 6.16. The summed E-state index contributed by atoms with van der Waals surface area (Å²) in [6.45, 7) is 4.11. The molecule has 2 rings (SSSR count). The first-order valence-corrected chi connectivity index (χ1v) is 7.99. The van der Waals surface area contributed by atoms with Crippen LogP contribution >= 0.6 is 0 Å². The smallest absolute Gasteiger partial charge is 0.150 e. The average molecular weight is 268 g/mol. The Bertz CT molecular complexity index is 540. The number of benzene rings is 1. The highest BCUT2D eigenvalue weighted by atomic mass is 32.2. The first-order chi connectivity index (χ1) is 8.43. The molecule has 4 nitrogen and oxygen atoms in total. The minimum Gasteiger partial charge on any atom is -0.271 e. The molecule has 2 atom stereocenters. The Hall–Kier alpha value is -0.910. The molecule has 2 unspecified atom stereocenters. The van der Waals surface area contributed by atoms with E-state index in [1.54, 1.807) is 0 Å². The summed E-state index contributed by atoms with van der Waals surface area (Å²) < 4.78 is 23.1. The lowest BCUT2D eigenvalue weighted by atomic mass is 9.91. The van der Waals surface area contributed by atoms with Crippen molar-refractivity contribution in [2.75, 3.05) is 11.5 Å². The van der Waals surface area contributed by atoms with Gasteiger partial charge < -0.3 is 0 Å². The van der Waals surface area contributed by atoms with Gasteiger partial charge >= 0.3 is 0 Å². The van der Waals surface area contributed by atoms with E-state index in [9.17, 15) is 8.42 Å². The lowest BCUT2D eigenvalue weighted by Gasteiger charge is -2.22. The molecular formula is C13H20N2O2S. The van der Waals surface area contributed by atoms with E-state index in [0.29, 0.717) is 6.42 Å². The molecule has 1 heterocycles. The maximum atomic E-state index is 11.5. The largest absolute Gasteiger partial charge is 0.271 e. The van der Waals surface area contributed by atoms with E-state index in [-0.39, 0.29) is 23.5 Å². The Morgan fingerprint density at radius 1 is 1.33 bits per heavy atom. The molecule has 1 saturated heterocycles. The summed E-state index contributed by atoms with van der Waals surface area (Å²) in [6.07, 6.45) is 0.685. The van der Waals surface area contributed by atoms with E-state index in [2.05, 4.69) is 31.4 Å². The highest BCUT2D eigenvalue weighted by Gasteiger charge is 2.34. The average Bonchev–Trinajstić information content (AvgIpc) is 2.65. The van der Waals surface area contributed by atoms with Crippen LogP contribution in [0.4, 0.5) is 0 Å². The van der Waals surface area contributed by atoms with Gasteiger partial charge in [0, 0.05) is 6.04 Å². The number of hydrogen-bond donors (Lipinski definition) is 2. The van der Waals surface area contributed by atoms with Crippen LogP contribution < -0.4 is 11.3 Å². The van der Waals surface area contributed by atoms with Crippen LogP contribution in [0.2, 0.25) is 0 Å². The summed E-state index contributed by atoms with van der Waals surface area (Å²) in [5, 5.41) is 0. The van der Waals surface area contributed by atoms with E-state index >= 15 is 0 Å². The van der Waals surface area contributed by atoms with Crippen LogP contribution in [0.15, 0.2) is 18.2 Å². The van der Waals surface area contributed by atoms with Gasteiger partial charge in [-0.3, -0.25) is 11.3 Å². The number of nitrogens with two attached hydrogens (primary N) is 1. The number of sulfone groups is 1. The fourth-order valence-corrected chi connectivity index (χ4v) is 4.39. The van der Waals surface area contributed by atoms with Crippen molar-refractivity contribution in [2.45, 2.75) is 26.3 Å². The predicted octanol–water partition coefficient (Wildman–Crippen LogP) is 1.24.